The summed E-state index contributed by atoms with van der Waals surface area (Å²) >= 11 is 0. The second kappa shape index (κ2) is 4.88. The van der Waals surface area contributed by atoms with Crippen molar-refractivity contribution in [3.05, 3.63) is 23.8 Å². The Labute approximate surface area is 96.4 Å². The van der Waals surface area contributed by atoms with Gasteiger partial charge in [0.15, 0.2) is 0 Å². The van der Waals surface area contributed by atoms with Crippen LogP contribution in [0.2, 0.25) is 0 Å². The third-order valence-corrected chi connectivity index (χ3v) is 2.67. The number of anilines is 2. The zero-order chi connectivity index (χ0) is 12.3. The molecule has 0 spiro atoms. The number of benzene rings is 1. The third-order valence-electron chi connectivity index (χ3n) is 2.67. The molecular weight excluding hydrogens is 202 g/mol. The maximum absolute atomic E-state index is 11.5. The van der Waals surface area contributed by atoms with E-state index < -0.39 is 0 Å². The maximum atomic E-state index is 11.5. The highest BCUT2D eigenvalue weighted by Crippen LogP contribution is 2.25. The molecule has 4 heteroatoms. The Morgan fingerprint density at radius 2 is 2.06 bits per heavy atom. The average Bonchev–Trinajstić information content (AvgIpc) is 2.27. The first kappa shape index (κ1) is 12.4. The SMILES string of the molecule is CNC(=O)c1ccc(N)c(N(C)C(C)C)c1. The number of hydrogen-bond acceptors (Lipinski definition) is 3. The summed E-state index contributed by atoms with van der Waals surface area (Å²) < 4.78 is 0. The van der Waals surface area contributed by atoms with Gasteiger partial charge in [-0.15, -0.1) is 0 Å². The first-order chi connectivity index (χ1) is 7.47. The molecule has 1 aromatic rings. The summed E-state index contributed by atoms with van der Waals surface area (Å²) in [6.07, 6.45) is 0. The van der Waals surface area contributed by atoms with Crippen LogP contribution in [-0.2, 0) is 0 Å². The van der Waals surface area contributed by atoms with Gasteiger partial charge in [-0.05, 0) is 32.0 Å². The monoisotopic (exact) mass is 221 g/mol. The number of nitrogens with zero attached hydrogens (tertiary/aromatic N) is 1. The summed E-state index contributed by atoms with van der Waals surface area (Å²) in [5, 5.41) is 2.60. The molecule has 0 saturated heterocycles. The second-order valence-electron chi connectivity index (χ2n) is 4.06. The molecule has 0 fully saturated rings. The predicted octanol–water partition coefficient (Wildman–Crippen LogP) is 1.47. The summed E-state index contributed by atoms with van der Waals surface area (Å²) in [4.78, 5) is 13.5. The molecular formula is C12H19N3O. The molecule has 0 radical (unpaired) electrons. The summed E-state index contributed by atoms with van der Waals surface area (Å²) in [7, 11) is 3.58. The molecule has 0 heterocycles. The summed E-state index contributed by atoms with van der Waals surface area (Å²) in [5.74, 6) is -0.0987. The van der Waals surface area contributed by atoms with E-state index >= 15 is 0 Å². The second-order valence-corrected chi connectivity index (χ2v) is 4.06. The molecule has 0 aromatic heterocycles. The van der Waals surface area contributed by atoms with Crippen molar-refractivity contribution in [2.45, 2.75) is 19.9 Å². The number of amides is 1. The fraction of sp³-hybridized carbons (Fsp3) is 0.417. The van der Waals surface area contributed by atoms with Crippen LogP contribution in [0, 0.1) is 0 Å². The maximum Gasteiger partial charge on any atom is 0.251 e. The van der Waals surface area contributed by atoms with E-state index in [1.807, 2.05) is 18.0 Å². The molecule has 88 valence electrons. The largest absolute Gasteiger partial charge is 0.397 e. The topological polar surface area (TPSA) is 58.4 Å². The van der Waals surface area contributed by atoms with Crippen molar-refractivity contribution in [3.8, 4) is 0 Å². The number of carbonyl (C=O) groups excluding carboxylic acids is 1. The van der Waals surface area contributed by atoms with Gasteiger partial charge in [-0.3, -0.25) is 4.79 Å². The van der Waals surface area contributed by atoms with Gasteiger partial charge in [-0.1, -0.05) is 0 Å². The predicted molar refractivity (Wildman–Crippen MR) is 67.8 cm³/mol. The van der Waals surface area contributed by atoms with E-state index in [-0.39, 0.29) is 5.91 Å². The van der Waals surface area contributed by atoms with E-state index in [0.717, 1.165) is 5.69 Å². The first-order valence-corrected chi connectivity index (χ1v) is 5.31. The molecule has 0 aliphatic heterocycles. The Morgan fingerprint density at radius 3 is 2.56 bits per heavy atom. The number of rotatable bonds is 3. The van der Waals surface area contributed by atoms with Crippen molar-refractivity contribution in [3.63, 3.8) is 0 Å². The van der Waals surface area contributed by atoms with Gasteiger partial charge in [0.05, 0.1) is 11.4 Å². The lowest BCUT2D eigenvalue weighted by Crippen LogP contribution is -2.27. The highest BCUT2D eigenvalue weighted by atomic mass is 16.1. The number of nitrogen functional groups attached to an aromatic ring is 1. The van der Waals surface area contributed by atoms with Crippen molar-refractivity contribution < 1.29 is 4.79 Å². The molecule has 0 saturated carbocycles. The molecule has 0 aliphatic rings. The lowest BCUT2D eigenvalue weighted by molar-refractivity contribution is 0.0963. The lowest BCUT2D eigenvalue weighted by atomic mass is 10.1. The van der Waals surface area contributed by atoms with E-state index in [4.69, 9.17) is 5.73 Å². The molecule has 0 bridgehead atoms. The Kier molecular flexibility index (Phi) is 3.77. The quantitative estimate of drug-likeness (QED) is 0.760. The zero-order valence-electron chi connectivity index (χ0n) is 10.2. The Balaban J connectivity index is 3.13. The van der Waals surface area contributed by atoms with Crippen LogP contribution in [0.4, 0.5) is 11.4 Å². The molecule has 16 heavy (non-hydrogen) atoms. The Hall–Kier alpha value is -1.71. The molecule has 0 atom stereocenters. The van der Waals surface area contributed by atoms with Gasteiger partial charge in [-0.2, -0.15) is 0 Å². The standard InChI is InChI=1S/C12H19N3O/c1-8(2)15(4)11-7-9(12(16)14-3)5-6-10(11)13/h5-8H,13H2,1-4H3,(H,14,16). The van der Waals surface area contributed by atoms with Crippen LogP contribution in [0.15, 0.2) is 18.2 Å². The van der Waals surface area contributed by atoms with Crippen LogP contribution in [-0.4, -0.2) is 26.0 Å². The minimum atomic E-state index is -0.0987. The third kappa shape index (κ3) is 2.45. The van der Waals surface area contributed by atoms with Crippen LogP contribution in [0.3, 0.4) is 0 Å². The highest BCUT2D eigenvalue weighted by Gasteiger charge is 2.11. The number of nitrogens with two attached hydrogens (primary N) is 1. The molecule has 1 rings (SSSR count). The first-order valence-electron chi connectivity index (χ1n) is 5.31. The molecule has 0 aliphatic carbocycles. The minimum absolute atomic E-state index is 0.0987. The molecule has 1 aromatic carbocycles. The normalized spacial score (nSPS) is 10.3. The Bertz CT molecular complexity index is 388. The van der Waals surface area contributed by atoms with Gasteiger partial charge in [0.2, 0.25) is 0 Å². The number of nitrogens with one attached hydrogen (secondary N) is 1. The molecule has 1 amide bonds. The van der Waals surface area contributed by atoms with Gasteiger partial charge in [0.1, 0.15) is 0 Å². The number of carbonyl (C=O) groups is 1. The number of hydrogen-bond donors (Lipinski definition) is 2. The van der Waals surface area contributed by atoms with Gasteiger partial charge >= 0.3 is 0 Å². The molecule has 3 N–H and O–H groups in total. The van der Waals surface area contributed by atoms with Crippen LogP contribution in [0.5, 0.6) is 0 Å². The smallest absolute Gasteiger partial charge is 0.251 e. The van der Waals surface area contributed by atoms with Crippen LogP contribution >= 0.6 is 0 Å². The van der Waals surface area contributed by atoms with E-state index in [0.29, 0.717) is 17.3 Å². The van der Waals surface area contributed by atoms with Gasteiger partial charge in [0, 0.05) is 25.7 Å². The van der Waals surface area contributed by atoms with Crippen LogP contribution in [0.25, 0.3) is 0 Å². The van der Waals surface area contributed by atoms with Gasteiger partial charge in [0.25, 0.3) is 5.91 Å². The molecule has 4 nitrogen and oxygen atoms in total. The van der Waals surface area contributed by atoms with Crippen molar-refractivity contribution >= 4 is 17.3 Å². The van der Waals surface area contributed by atoms with Gasteiger partial charge < -0.3 is 16.0 Å². The average molecular weight is 221 g/mol. The van der Waals surface area contributed by atoms with Gasteiger partial charge in [-0.25, -0.2) is 0 Å². The zero-order valence-corrected chi connectivity index (χ0v) is 10.2. The summed E-state index contributed by atoms with van der Waals surface area (Å²) in [5.41, 5.74) is 8.09. The Morgan fingerprint density at radius 1 is 1.44 bits per heavy atom. The van der Waals surface area contributed by atoms with Crippen LogP contribution in [0.1, 0.15) is 24.2 Å². The van der Waals surface area contributed by atoms with Crippen molar-refractivity contribution in [2.24, 2.45) is 0 Å². The fourth-order valence-corrected chi connectivity index (χ4v) is 1.41. The van der Waals surface area contributed by atoms with Crippen LogP contribution < -0.4 is 16.0 Å². The van der Waals surface area contributed by atoms with E-state index in [1.165, 1.54) is 0 Å². The fourth-order valence-electron chi connectivity index (χ4n) is 1.41. The molecule has 0 unspecified atom stereocenters. The summed E-state index contributed by atoms with van der Waals surface area (Å²) in [6.45, 7) is 4.15. The van der Waals surface area contributed by atoms with Crippen molar-refractivity contribution in [1.82, 2.24) is 5.32 Å². The highest BCUT2D eigenvalue weighted by molar-refractivity contribution is 5.96. The summed E-state index contributed by atoms with van der Waals surface area (Å²) in [6, 6.07) is 5.64. The van der Waals surface area contributed by atoms with E-state index in [2.05, 4.69) is 19.2 Å². The van der Waals surface area contributed by atoms with E-state index in [1.54, 1.807) is 19.2 Å². The lowest BCUT2D eigenvalue weighted by Gasteiger charge is -2.25. The minimum Gasteiger partial charge on any atom is -0.397 e. The van der Waals surface area contributed by atoms with Crippen molar-refractivity contribution in [1.29, 1.82) is 0 Å². The van der Waals surface area contributed by atoms with E-state index in [9.17, 15) is 4.79 Å². The van der Waals surface area contributed by atoms with Crippen molar-refractivity contribution in [2.75, 3.05) is 24.7 Å².